The molecule has 6 aromatic rings. The minimum absolute atomic E-state index is 0.0550. The molecule has 0 aliphatic heterocycles. The highest BCUT2D eigenvalue weighted by Gasteiger charge is 2.21. The Labute approximate surface area is 211 Å². The van der Waals surface area contributed by atoms with Crippen LogP contribution >= 0.6 is 0 Å². The standard InChI is InChI=1S/C27H22N8O2/c1-34-21-13-7-5-11-18(21)19(25(34)17-9-3-2-4-10-17)15-29-31-23(36)16-35-22-14-8-6-12-20(22)30-27(35)24-26(28)33-37-32-24/h2-15H,16H2,1H3,(H2,28,33)(H,31,36)/b29-15+. The van der Waals surface area contributed by atoms with Gasteiger partial charge in [0, 0.05) is 23.5 Å². The number of anilines is 1. The van der Waals surface area contributed by atoms with Crippen molar-refractivity contribution in [3.8, 4) is 22.8 Å². The van der Waals surface area contributed by atoms with Gasteiger partial charge in [0.05, 0.1) is 22.9 Å². The van der Waals surface area contributed by atoms with Gasteiger partial charge in [0.1, 0.15) is 6.54 Å². The zero-order valence-electron chi connectivity index (χ0n) is 19.9. The summed E-state index contributed by atoms with van der Waals surface area (Å²) in [5.41, 5.74) is 14.3. The second-order valence-electron chi connectivity index (χ2n) is 8.51. The molecule has 0 atom stereocenters. The molecule has 3 aromatic carbocycles. The van der Waals surface area contributed by atoms with Crippen LogP contribution in [0.25, 0.3) is 44.7 Å². The third kappa shape index (κ3) is 3.90. The molecule has 3 heterocycles. The summed E-state index contributed by atoms with van der Waals surface area (Å²) in [5.74, 6) is 0.149. The second kappa shape index (κ2) is 9.08. The van der Waals surface area contributed by atoms with Crippen molar-refractivity contribution in [2.75, 3.05) is 5.73 Å². The van der Waals surface area contributed by atoms with E-state index in [1.165, 1.54) is 0 Å². The fourth-order valence-corrected chi connectivity index (χ4v) is 4.61. The van der Waals surface area contributed by atoms with Crippen LogP contribution in [0.15, 0.2) is 88.6 Å². The Kier molecular flexibility index (Phi) is 5.45. The number of nitrogen functional groups attached to an aromatic ring is 1. The normalized spacial score (nSPS) is 11.6. The minimum atomic E-state index is -0.336. The van der Waals surface area contributed by atoms with Crippen LogP contribution < -0.4 is 11.2 Å². The monoisotopic (exact) mass is 490 g/mol. The summed E-state index contributed by atoms with van der Waals surface area (Å²) >= 11 is 0. The molecule has 37 heavy (non-hydrogen) atoms. The molecule has 0 fully saturated rings. The third-order valence-corrected chi connectivity index (χ3v) is 6.26. The number of fused-ring (bicyclic) bond motifs is 2. The predicted octanol–water partition coefficient (Wildman–Crippen LogP) is 3.98. The maximum absolute atomic E-state index is 13.0. The Balaban J connectivity index is 1.32. The van der Waals surface area contributed by atoms with Gasteiger partial charge in [0.25, 0.3) is 5.91 Å². The summed E-state index contributed by atoms with van der Waals surface area (Å²) < 4.78 is 8.59. The van der Waals surface area contributed by atoms with E-state index in [9.17, 15) is 4.79 Å². The number of para-hydroxylation sites is 3. The van der Waals surface area contributed by atoms with Gasteiger partial charge in [-0.1, -0.05) is 60.7 Å². The van der Waals surface area contributed by atoms with Gasteiger partial charge in [-0.25, -0.2) is 15.0 Å². The van der Waals surface area contributed by atoms with Crippen LogP contribution in [0.2, 0.25) is 0 Å². The van der Waals surface area contributed by atoms with Gasteiger partial charge in [-0.2, -0.15) is 5.10 Å². The molecule has 0 unspecified atom stereocenters. The van der Waals surface area contributed by atoms with Crippen LogP contribution in [0.1, 0.15) is 5.56 Å². The van der Waals surface area contributed by atoms with Crippen LogP contribution in [0.5, 0.6) is 0 Å². The summed E-state index contributed by atoms with van der Waals surface area (Å²) in [6.45, 7) is -0.0550. The van der Waals surface area contributed by atoms with Crippen molar-refractivity contribution < 1.29 is 9.42 Å². The lowest BCUT2D eigenvalue weighted by Gasteiger charge is -2.07. The Morgan fingerprint density at radius 3 is 2.51 bits per heavy atom. The van der Waals surface area contributed by atoms with E-state index in [1.807, 2.05) is 67.7 Å². The van der Waals surface area contributed by atoms with E-state index in [2.05, 4.69) is 48.6 Å². The molecule has 3 aromatic heterocycles. The van der Waals surface area contributed by atoms with E-state index in [-0.39, 0.29) is 24.0 Å². The Hall–Kier alpha value is -5.25. The SMILES string of the molecule is Cn1c(-c2ccccc2)c(/C=N/NC(=O)Cn2c(-c3nonc3N)nc3ccccc32)c2ccccc21. The average molecular weight is 491 g/mol. The zero-order valence-corrected chi connectivity index (χ0v) is 19.9. The first-order chi connectivity index (χ1) is 18.1. The summed E-state index contributed by atoms with van der Waals surface area (Å²) in [5, 5.41) is 12.9. The number of aromatic nitrogens is 5. The summed E-state index contributed by atoms with van der Waals surface area (Å²) in [4.78, 5) is 17.6. The van der Waals surface area contributed by atoms with E-state index in [0.29, 0.717) is 11.3 Å². The lowest BCUT2D eigenvalue weighted by Crippen LogP contribution is -2.23. The van der Waals surface area contributed by atoms with Crippen LogP contribution in [-0.2, 0) is 18.4 Å². The number of imidazole rings is 1. The van der Waals surface area contributed by atoms with Crippen LogP contribution in [0.3, 0.4) is 0 Å². The summed E-state index contributed by atoms with van der Waals surface area (Å²) in [6, 6.07) is 25.7. The van der Waals surface area contributed by atoms with Crippen LogP contribution in [-0.4, -0.2) is 36.6 Å². The fourth-order valence-electron chi connectivity index (χ4n) is 4.61. The van der Waals surface area contributed by atoms with Gasteiger partial charge < -0.3 is 14.9 Å². The van der Waals surface area contributed by atoms with Crippen molar-refractivity contribution in [3.63, 3.8) is 0 Å². The van der Waals surface area contributed by atoms with Gasteiger partial charge in [-0.15, -0.1) is 0 Å². The van der Waals surface area contributed by atoms with E-state index in [0.717, 1.165) is 33.2 Å². The number of nitrogens with zero attached hydrogens (tertiary/aromatic N) is 6. The number of nitrogens with one attached hydrogen (secondary N) is 1. The van der Waals surface area contributed by atoms with Gasteiger partial charge in [-0.05, 0) is 34.1 Å². The molecule has 0 saturated carbocycles. The predicted molar refractivity (Wildman–Crippen MR) is 142 cm³/mol. The van der Waals surface area contributed by atoms with E-state index < -0.39 is 0 Å². The fraction of sp³-hybridized carbons (Fsp3) is 0.0741. The first kappa shape index (κ1) is 22.2. The lowest BCUT2D eigenvalue weighted by atomic mass is 10.1. The molecule has 3 N–H and O–H groups in total. The van der Waals surface area contributed by atoms with Crippen LogP contribution in [0, 0.1) is 0 Å². The quantitative estimate of drug-likeness (QED) is 0.268. The highest BCUT2D eigenvalue weighted by Crippen LogP contribution is 2.32. The molecular formula is C27H22N8O2. The summed E-state index contributed by atoms with van der Waals surface area (Å²) in [6.07, 6.45) is 1.69. The maximum atomic E-state index is 13.0. The highest BCUT2D eigenvalue weighted by molar-refractivity contribution is 6.06. The number of carbonyl (C=O) groups is 1. The number of rotatable bonds is 6. The minimum Gasteiger partial charge on any atom is -0.379 e. The number of amides is 1. The van der Waals surface area contributed by atoms with Gasteiger partial charge in [-0.3, -0.25) is 4.79 Å². The van der Waals surface area contributed by atoms with E-state index in [1.54, 1.807) is 10.8 Å². The number of hydrogen-bond donors (Lipinski definition) is 2. The average Bonchev–Trinajstić information content (AvgIpc) is 3.59. The van der Waals surface area contributed by atoms with Gasteiger partial charge >= 0.3 is 0 Å². The topological polar surface area (TPSA) is 129 Å². The van der Waals surface area contributed by atoms with Crippen molar-refractivity contribution >= 4 is 39.9 Å². The first-order valence-corrected chi connectivity index (χ1v) is 11.6. The van der Waals surface area contributed by atoms with Crippen LogP contribution in [0.4, 0.5) is 5.82 Å². The molecule has 0 radical (unpaired) electrons. The Morgan fingerprint density at radius 1 is 1.00 bits per heavy atom. The number of benzene rings is 3. The summed E-state index contributed by atoms with van der Waals surface area (Å²) in [7, 11) is 2.02. The van der Waals surface area contributed by atoms with E-state index in [4.69, 9.17) is 10.4 Å². The molecule has 10 nitrogen and oxygen atoms in total. The highest BCUT2D eigenvalue weighted by atomic mass is 16.6. The molecule has 1 amide bonds. The largest absolute Gasteiger partial charge is 0.379 e. The van der Waals surface area contributed by atoms with Crippen molar-refractivity contribution in [1.82, 2.24) is 29.9 Å². The van der Waals surface area contributed by atoms with Crippen molar-refractivity contribution in [2.45, 2.75) is 6.54 Å². The van der Waals surface area contributed by atoms with Gasteiger partial charge in [0.2, 0.25) is 0 Å². The number of nitrogens with two attached hydrogens (primary N) is 1. The lowest BCUT2D eigenvalue weighted by molar-refractivity contribution is -0.121. The molecule has 0 aliphatic carbocycles. The molecule has 0 saturated heterocycles. The Morgan fingerprint density at radius 2 is 1.73 bits per heavy atom. The molecule has 0 spiro atoms. The molecule has 0 aliphatic rings. The van der Waals surface area contributed by atoms with Gasteiger partial charge in [0.15, 0.2) is 17.3 Å². The smallest absolute Gasteiger partial charge is 0.260 e. The van der Waals surface area contributed by atoms with Crippen molar-refractivity contribution in [2.24, 2.45) is 12.1 Å². The van der Waals surface area contributed by atoms with Crippen molar-refractivity contribution in [3.05, 3.63) is 84.4 Å². The molecule has 0 bridgehead atoms. The number of aryl methyl sites for hydroxylation is 1. The molecular weight excluding hydrogens is 468 g/mol. The third-order valence-electron chi connectivity index (χ3n) is 6.26. The number of hydrazone groups is 1. The maximum Gasteiger partial charge on any atom is 0.260 e. The second-order valence-corrected chi connectivity index (χ2v) is 8.51. The van der Waals surface area contributed by atoms with Crippen molar-refractivity contribution in [1.29, 1.82) is 0 Å². The first-order valence-electron chi connectivity index (χ1n) is 11.6. The molecule has 10 heteroatoms. The Bertz CT molecular complexity index is 1780. The number of carbonyl (C=O) groups excluding carboxylic acids is 1. The number of hydrogen-bond acceptors (Lipinski definition) is 7. The van der Waals surface area contributed by atoms with E-state index >= 15 is 0 Å². The molecule has 6 rings (SSSR count). The molecule has 182 valence electrons. The zero-order chi connectivity index (χ0) is 25.4.